The van der Waals surface area contributed by atoms with Crippen LogP contribution in [0.4, 0.5) is 5.13 Å². The van der Waals surface area contributed by atoms with Gasteiger partial charge in [0.2, 0.25) is 11.8 Å². The molecule has 2 amide bonds. The second-order valence-corrected chi connectivity index (χ2v) is 10.3. The van der Waals surface area contributed by atoms with E-state index in [0.29, 0.717) is 29.4 Å². The number of thiazole rings is 1. The molecule has 1 saturated carbocycles. The molecule has 1 aliphatic heterocycles. The zero-order valence-electron chi connectivity index (χ0n) is 18.2. The van der Waals surface area contributed by atoms with Crippen molar-refractivity contribution in [1.82, 2.24) is 15.2 Å². The molecule has 4 rings (SSSR count). The lowest BCUT2D eigenvalue weighted by Crippen LogP contribution is -2.54. The largest absolute Gasteiger partial charge is 0.507 e. The SMILES string of the molecule is CC(C)(C)[C@H](Nc1nc(-c2ccccc2O)cs1)C(=O)N1CCC[C@H]1C(=O)NC1CC1. The Balaban J connectivity index is 1.52. The number of nitrogens with one attached hydrogen (secondary N) is 2. The molecule has 0 unspecified atom stereocenters. The normalized spacial score (nSPS) is 19.8. The molecule has 31 heavy (non-hydrogen) atoms. The van der Waals surface area contributed by atoms with Crippen LogP contribution in [0.3, 0.4) is 0 Å². The Bertz CT molecular complexity index is 964. The number of likely N-dealkylation sites (tertiary alicyclic amines) is 1. The summed E-state index contributed by atoms with van der Waals surface area (Å²) in [6, 6.07) is 6.42. The molecule has 1 aromatic carbocycles. The van der Waals surface area contributed by atoms with Gasteiger partial charge >= 0.3 is 0 Å². The molecule has 0 radical (unpaired) electrons. The summed E-state index contributed by atoms with van der Waals surface area (Å²) < 4.78 is 0. The van der Waals surface area contributed by atoms with Gasteiger partial charge in [0.05, 0.1) is 5.69 Å². The van der Waals surface area contributed by atoms with Crippen molar-refractivity contribution in [2.24, 2.45) is 5.41 Å². The lowest BCUT2D eigenvalue weighted by Gasteiger charge is -2.35. The minimum absolute atomic E-state index is 0.0305. The van der Waals surface area contributed by atoms with Gasteiger partial charge in [-0.3, -0.25) is 9.59 Å². The number of rotatable bonds is 6. The summed E-state index contributed by atoms with van der Waals surface area (Å²) in [5, 5.41) is 19.0. The van der Waals surface area contributed by atoms with Crippen molar-refractivity contribution in [3.05, 3.63) is 29.6 Å². The standard InChI is InChI=1S/C23H30N4O3S/c1-23(2,3)19(21(30)27-12-6-8-17(27)20(29)24-14-10-11-14)26-22-25-16(13-31-22)15-7-4-5-9-18(15)28/h4-5,7,9,13-14,17,19,28H,6,8,10-12H2,1-3H3,(H,24,29)(H,25,26)/t17-,19+/m0/s1. The van der Waals surface area contributed by atoms with E-state index >= 15 is 0 Å². The molecule has 166 valence electrons. The number of carbonyl (C=O) groups is 2. The fourth-order valence-electron chi connectivity index (χ4n) is 3.92. The number of hydrogen-bond donors (Lipinski definition) is 3. The van der Waals surface area contributed by atoms with Gasteiger partial charge in [0, 0.05) is 23.5 Å². The molecule has 1 saturated heterocycles. The molecular weight excluding hydrogens is 412 g/mol. The van der Waals surface area contributed by atoms with E-state index in [1.807, 2.05) is 38.3 Å². The monoisotopic (exact) mass is 442 g/mol. The molecule has 7 nitrogen and oxygen atoms in total. The van der Waals surface area contributed by atoms with Crippen molar-refractivity contribution in [2.75, 3.05) is 11.9 Å². The highest BCUT2D eigenvalue weighted by Crippen LogP contribution is 2.34. The first-order valence-electron chi connectivity index (χ1n) is 10.9. The zero-order chi connectivity index (χ0) is 22.2. The predicted molar refractivity (Wildman–Crippen MR) is 122 cm³/mol. The van der Waals surface area contributed by atoms with Gasteiger partial charge in [-0.05, 0) is 43.2 Å². The number of aromatic hydroxyl groups is 1. The fourth-order valence-corrected chi connectivity index (χ4v) is 4.66. The average Bonchev–Trinajstić information content (AvgIpc) is 3.20. The Morgan fingerprint density at radius 3 is 2.65 bits per heavy atom. The molecule has 1 aromatic heterocycles. The number of phenolic OH excluding ortho intramolecular Hbond substituents is 1. The van der Waals surface area contributed by atoms with E-state index in [2.05, 4.69) is 15.6 Å². The number of aromatic nitrogens is 1. The summed E-state index contributed by atoms with van der Waals surface area (Å²) in [5.74, 6) is 0.0710. The first-order chi connectivity index (χ1) is 14.7. The van der Waals surface area contributed by atoms with Crippen LogP contribution < -0.4 is 10.6 Å². The average molecular weight is 443 g/mol. The summed E-state index contributed by atoms with van der Waals surface area (Å²) in [6.07, 6.45) is 3.60. The van der Waals surface area contributed by atoms with Crippen molar-refractivity contribution < 1.29 is 14.7 Å². The summed E-state index contributed by atoms with van der Waals surface area (Å²) in [6.45, 7) is 6.62. The maximum Gasteiger partial charge on any atom is 0.246 e. The number of carbonyl (C=O) groups excluding carboxylic acids is 2. The summed E-state index contributed by atoms with van der Waals surface area (Å²) in [4.78, 5) is 32.6. The van der Waals surface area contributed by atoms with Crippen LogP contribution in [0.2, 0.25) is 0 Å². The van der Waals surface area contributed by atoms with Gasteiger partial charge in [-0.2, -0.15) is 0 Å². The van der Waals surface area contributed by atoms with Crippen LogP contribution in [-0.2, 0) is 9.59 Å². The third-order valence-corrected chi connectivity index (χ3v) is 6.60. The number of nitrogens with zero attached hydrogens (tertiary/aromatic N) is 2. The third kappa shape index (κ3) is 4.84. The van der Waals surface area contributed by atoms with E-state index in [1.165, 1.54) is 11.3 Å². The molecule has 2 aliphatic rings. The molecule has 0 spiro atoms. The zero-order valence-corrected chi connectivity index (χ0v) is 19.0. The lowest BCUT2D eigenvalue weighted by atomic mass is 9.85. The molecule has 3 N–H and O–H groups in total. The molecule has 2 aromatic rings. The van der Waals surface area contributed by atoms with Crippen molar-refractivity contribution in [1.29, 1.82) is 0 Å². The molecule has 1 aliphatic carbocycles. The Morgan fingerprint density at radius 2 is 1.97 bits per heavy atom. The van der Waals surface area contributed by atoms with E-state index in [-0.39, 0.29) is 29.0 Å². The highest BCUT2D eigenvalue weighted by atomic mass is 32.1. The van der Waals surface area contributed by atoms with Crippen LogP contribution in [0, 0.1) is 5.41 Å². The minimum Gasteiger partial charge on any atom is -0.507 e. The van der Waals surface area contributed by atoms with Crippen LogP contribution in [0.5, 0.6) is 5.75 Å². The quantitative estimate of drug-likeness (QED) is 0.635. The van der Waals surface area contributed by atoms with E-state index in [4.69, 9.17) is 0 Å². The summed E-state index contributed by atoms with van der Waals surface area (Å²) >= 11 is 1.40. The van der Waals surface area contributed by atoms with Gasteiger partial charge in [-0.15, -0.1) is 11.3 Å². The maximum atomic E-state index is 13.6. The van der Waals surface area contributed by atoms with Gasteiger partial charge in [0.15, 0.2) is 5.13 Å². The number of phenols is 1. The van der Waals surface area contributed by atoms with E-state index in [1.54, 1.807) is 17.0 Å². The Morgan fingerprint density at radius 1 is 1.23 bits per heavy atom. The molecule has 2 fully saturated rings. The van der Waals surface area contributed by atoms with E-state index in [9.17, 15) is 14.7 Å². The predicted octanol–water partition coefficient (Wildman–Crippen LogP) is 3.61. The maximum absolute atomic E-state index is 13.6. The van der Waals surface area contributed by atoms with Gasteiger partial charge in [-0.25, -0.2) is 4.98 Å². The smallest absolute Gasteiger partial charge is 0.246 e. The van der Waals surface area contributed by atoms with Gasteiger partial charge in [0.1, 0.15) is 17.8 Å². The number of para-hydroxylation sites is 1. The second-order valence-electron chi connectivity index (χ2n) is 9.47. The summed E-state index contributed by atoms with van der Waals surface area (Å²) in [7, 11) is 0. The van der Waals surface area contributed by atoms with Gasteiger partial charge in [0.25, 0.3) is 0 Å². The molecular formula is C23H30N4O3S. The highest BCUT2D eigenvalue weighted by molar-refractivity contribution is 7.14. The number of amides is 2. The minimum atomic E-state index is -0.523. The topological polar surface area (TPSA) is 94.6 Å². The first-order valence-corrected chi connectivity index (χ1v) is 11.7. The molecule has 2 atom stereocenters. The molecule has 0 bridgehead atoms. The fraction of sp³-hybridized carbons (Fsp3) is 0.522. The highest BCUT2D eigenvalue weighted by Gasteiger charge is 2.42. The number of hydrogen-bond acceptors (Lipinski definition) is 6. The lowest BCUT2D eigenvalue weighted by molar-refractivity contribution is -0.140. The van der Waals surface area contributed by atoms with Crippen molar-refractivity contribution in [3.8, 4) is 17.0 Å². The Labute approximate surface area is 186 Å². The molecule has 2 heterocycles. The van der Waals surface area contributed by atoms with E-state index in [0.717, 1.165) is 19.3 Å². The van der Waals surface area contributed by atoms with Crippen LogP contribution in [-0.4, -0.2) is 51.5 Å². The van der Waals surface area contributed by atoms with Crippen molar-refractivity contribution in [3.63, 3.8) is 0 Å². The Hall–Kier alpha value is -2.61. The van der Waals surface area contributed by atoms with Crippen LogP contribution in [0.25, 0.3) is 11.3 Å². The van der Waals surface area contributed by atoms with Crippen LogP contribution in [0.15, 0.2) is 29.6 Å². The first kappa shape index (κ1) is 21.6. The van der Waals surface area contributed by atoms with Gasteiger partial charge in [-0.1, -0.05) is 32.9 Å². The van der Waals surface area contributed by atoms with E-state index < -0.39 is 12.1 Å². The van der Waals surface area contributed by atoms with Crippen LogP contribution in [0.1, 0.15) is 46.5 Å². The van der Waals surface area contributed by atoms with Gasteiger partial charge < -0.3 is 20.6 Å². The van der Waals surface area contributed by atoms with Crippen molar-refractivity contribution in [2.45, 2.75) is 64.6 Å². The van der Waals surface area contributed by atoms with Crippen molar-refractivity contribution >= 4 is 28.3 Å². The Kier molecular flexibility index (Phi) is 5.92. The number of anilines is 1. The molecule has 8 heteroatoms. The summed E-state index contributed by atoms with van der Waals surface area (Å²) in [5.41, 5.74) is 0.938. The third-order valence-electron chi connectivity index (χ3n) is 5.83. The number of benzene rings is 1. The second kappa shape index (κ2) is 8.49. The van der Waals surface area contributed by atoms with Crippen LogP contribution >= 0.6 is 11.3 Å².